The van der Waals surface area contributed by atoms with Crippen LogP contribution in [0.5, 0.6) is 5.75 Å². The Morgan fingerprint density at radius 1 is 1.20 bits per heavy atom. The van der Waals surface area contributed by atoms with Gasteiger partial charge >= 0.3 is 6.18 Å². The minimum Gasteiger partial charge on any atom is -0.508 e. The van der Waals surface area contributed by atoms with Crippen LogP contribution in [0.3, 0.4) is 0 Å². The second-order valence-corrected chi connectivity index (χ2v) is 7.76. The van der Waals surface area contributed by atoms with E-state index in [9.17, 15) is 23.1 Å². The normalized spacial score (nSPS) is 15.7. The Hall–Kier alpha value is -2.55. The molecule has 1 fully saturated rings. The van der Waals surface area contributed by atoms with Crippen LogP contribution >= 0.6 is 0 Å². The van der Waals surface area contributed by atoms with Gasteiger partial charge in [-0.1, -0.05) is 18.9 Å². The predicted octanol–water partition coefficient (Wildman–Crippen LogP) is 3.96. The Morgan fingerprint density at radius 3 is 2.50 bits per heavy atom. The molecule has 0 unspecified atom stereocenters. The summed E-state index contributed by atoms with van der Waals surface area (Å²) in [5.41, 5.74) is 0.331. The zero-order valence-corrected chi connectivity index (χ0v) is 17.0. The average Bonchev–Trinajstić information content (AvgIpc) is 3.05. The molecule has 1 aromatic carbocycles. The molecule has 6 nitrogen and oxygen atoms in total. The SMILES string of the molecule is Cc1cc(O)ccc1CN(CCN1CCCCCC1)C(=O)c1cc(C(F)(F)F)[nH]n1. The van der Waals surface area contributed by atoms with Gasteiger partial charge in [0.05, 0.1) is 0 Å². The first-order valence-corrected chi connectivity index (χ1v) is 10.2. The molecule has 30 heavy (non-hydrogen) atoms. The van der Waals surface area contributed by atoms with Crippen molar-refractivity contribution in [3.05, 3.63) is 46.8 Å². The first-order valence-electron chi connectivity index (χ1n) is 10.2. The highest BCUT2D eigenvalue weighted by Gasteiger charge is 2.34. The molecule has 1 aromatic heterocycles. The van der Waals surface area contributed by atoms with Gasteiger partial charge in [-0.25, -0.2) is 0 Å². The molecule has 1 aliphatic rings. The predicted molar refractivity (Wildman–Crippen MR) is 106 cm³/mol. The molecule has 2 aromatic rings. The van der Waals surface area contributed by atoms with E-state index in [0.29, 0.717) is 13.1 Å². The number of nitrogens with zero attached hydrogens (tertiary/aromatic N) is 3. The molecule has 0 aliphatic carbocycles. The molecule has 1 amide bonds. The van der Waals surface area contributed by atoms with E-state index < -0.39 is 17.8 Å². The summed E-state index contributed by atoms with van der Waals surface area (Å²) in [5, 5.41) is 15.1. The van der Waals surface area contributed by atoms with Gasteiger partial charge in [0.25, 0.3) is 5.91 Å². The highest BCUT2D eigenvalue weighted by molar-refractivity contribution is 5.92. The number of carbonyl (C=O) groups is 1. The summed E-state index contributed by atoms with van der Waals surface area (Å²) in [6, 6.07) is 5.62. The number of hydrogen-bond acceptors (Lipinski definition) is 4. The Kier molecular flexibility index (Phi) is 7.02. The van der Waals surface area contributed by atoms with Crippen molar-refractivity contribution < 1.29 is 23.1 Å². The molecular formula is C21H27F3N4O2. The van der Waals surface area contributed by atoms with Crippen LogP contribution in [0.1, 0.15) is 53.0 Å². The monoisotopic (exact) mass is 424 g/mol. The van der Waals surface area contributed by atoms with Gasteiger partial charge in [0.2, 0.25) is 0 Å². The van der Waals surface area contributed by atoms with Gasteiger partial charge < -0.3 is 14.9 Å². The van der Waals surface area contributed by atoms with Crippen molar-refractivity contribution in [2.24, 2.45) is 0 Å². The van der Waals surface area contributed by atoms with E-state index in [0.717, 1.165) is 43.1 Å². The summed E-state index contributed by atoms with van der Waals surface area (Å²) in [6.07, 6.45) is 0.0211. The molecule has 0 radical (unpaired) electrons. The highest BCUT2D eigenvalue weighted by Crippen LogP contribution is 2.28. The number of H-pyrrole nitrogens is 1. The summed E-state index contributed by atoms with van der Waals surface area (Å²) >= 11 is 0. The van der Waals surface area contributed by atoms with Crippen LogP contribution < -0.4 is 0 Å². The maximum atomic E-state index is 13.0. The van der Waals surface area contributed by atoms with Crippen LogP contribution in [0, 0.1) is 6.92 Å². The molecule has 0 spiro atoms. The van der Waals surface area contributed by atoms with E-state index in [1.54, 1.807) is 12.1 Å². The molecule has 0 atom stereocenters. The van der Waals surface area contributed by atoms with Crippen LogP contribution in [0.4, 0.5) is 13.2 Å². The number of likely N-dealkylation sites (tertiary alicyclic amines) is 1. The summed E-state index contributed by atoms with van der Waals surface area (Å²) in [4.78, 5) is 16.8. The molecule has 1 aliphatic heterocycles. The van der Waals surface area contributed by atoms with Crippen molar-refractivity contribution in [1.82, 2.24) is 20.0 Å². The molecule has 164 valence electrons. The van der Waals surface area contributed by atoms with E-state index in [1.807, 2.05) is 12.0 Å². The topological polar surface area (TPSA) is 72.5 Å². The van der Waals surface area contributed by atoms with Gasteiger partial charge in [0, 0.05) is 25.7 Å². The quantitative estimate of drug-likeness (QED) is 0.736. The number of nitrogens with one attached hydrogen (secondary N) is 1. The van der Waals surface area contributed by atoms with Gasteiger partial charge in [-0.2, -0.15) is 18.3 Å². The number of hydrogen-bond donors (Lipinski definition) is 2. The number of amides is 1. The van der Waals surface area contributed by atoms with Crippen molar-refractivity contribution in [3.63, 3.8) is 0 Å². The molecule has 2 heterocycles. The fraction of sp³-hybridized carbons (Fsp3) is 0.524. The van der Waals surface area contributed by atoms with E-state index in [1.165, 1.54) is 23.8 Å². The number of rotatable bonds is 6. The molecule has 3 rings (SSSR count). The van der Waals surface area contributed by atoms with E-state index in [-0.39, 0.29) is 18.0 Å². The summed E-state index contributed by atoms with van der Waals surface area (Å²) in [6.45, 7) is 5.00. The molecule has 9 heteroatoms. The van der Waals surface area contributed by atoms with E-state index >= 15 is 0 Å². The number of phenolic OH excluding ortho intramolecular Hbond substituents is 1. The number of aromatic hydroxyl groups is 1. The van der Waals surface area contributed by atoms with E-state index in [2.05, 4.69) is 10.00 Å². The third kappa shape index (κ3) is 5.75. The van der Waals surface area contributed by atoms with E-state index in [4.69, 9.17) is 0 Å². The third-order valence-corrected chi connectivity index (χ3v) is 5.46. The molecular weight excluding hydrogens is 397 g/mol. The van der Waals surface area contributed by atoms with Crippen molar-refractivity contribution in [2.45, 2.75) is 45.3 Å². The second kappa shape index (κ2) is 9.51. The van der Waals surface area contributed by atoms with Crippen LogP contribution in [0.2, 0.25) is 0 Å². The lowest BCUT2D eigenvalue weighted by Gasteiger charge is -2.27. The number of carbonyl (C=O) groups excluding carboxylic acids is 1. The lowest BCUT2D eigenvalue weighted by Crippen LogP contribution is -2.39. The van der Waals surface area contributed by atoms with Crippen LogP contribution in [-0.4, -0.2) is 57.2 Å². The largest absolute Gasteiger partial charge is 0.508 e. The average molecular weight is 424 g/mol. The van der Waals surface area contributed by atoms with Crippen LogP contribution in [0.15, 0.2) is 24.3 Å². The zero-order chi connectivity index (χ0) is 21.7. The lowest BCUT2D eigenvalue weighted by molar-refractivity contribution is -0.141. The van der Waals surface area contributed by atoms with Gasteiger partial charge in [-0.05, 0) is 56.1 Å². The second-order valence-electron chi connectivity index (χ2n) is 7.76. The number of aryl methyl sites for hydroxylation is 1. The minimum absolute atomic E-state index is 0.126. The third-order valence-electron chi connectivity index (χ3n) is 5.46. The van der Waals surface area contributed by atoms with Gasteiger partial charge in [-0.3, -0.25) is 9.89 Å². The summed E-state index contributed by atoms with van der Waals surface area (Å²) in [5.74, 6) is -0.426. The fourth-order valence-electron chi connectivity index (χ4n) is 3.68. The smallest absolute Gasteiger partial charge is 0.432 e. The number of aromatic amines is 1. The summed E-state index contributed by atoms with van der Waals surface area (Å²) in [7, 11) is 0. The number of halogens is 3. The zero-order valence-electron chi connectivity index (χ0n) is 17.0. The first kappa shape index (κ1) is 22.1. The highest BCUT2D eigenvalue weighted by atomic mass is 19.4. The Bertz CT molecular complexity index is 858. The Balaban J connectivity index is 1.78. The Morgan fingerprint density at radius 2 is 1.90 bits per heavy atom. The molecule has 0 saturated carbocycles. The van der Waals surface area contributed by atoms with Crippen LogP contribution in [-0.2, 0) is 12.7 Å². The maximum absolute atomic E-state index is 13.0. The molecule has 1 saturated heterocycles. The lowest BCUT2D eigenvalue weighted by atomic mass is 10.1. The minimum atomic E-state index is -4.59. The van der Waals surface area contributed by atoms with Gasteiger partial charge in [-0.15, -0.1) is 0 Å². The first-order chi connectivity index (χ1) is 14.2. The molecule has 2 N–H and O–H groups in total. The van der Waals surface area contributed by atoms with Gasteiger partial charge in [0.15, 0.2) is 5.69 Å². The standard InChI is InChI=1S/C21H27F3N4O2/c1-15-12-17(29)7-6-16(15)14-28(11-10-27-8-4-2-3-5-9-27)20(30)18-13-19(26-25-18)21(22,23)24/h6-7,12-13,29H,2-5,8-11,14H2,1H3,(H,25,26). The summed E-state index contributed by atoms with van der Waals surface area (Å²) < 4.78 is 38.7. The van der Waals surface area contributed by atoms with Crippen LogP contribution in [0.25, 0.3) is 0 Å². The molecule has 0 bridgehead atoms. The van der Waals surface area contributed by atoms with Crippen molar-refractivity contribution in [3.8, 4) is 5.75 Å². The number of alkyl halides is 3. The Labute approximate surface area is 173 Å². The number of benzene rings is 1. The maximum Gasteiger partial charge on any atom is 0.432 e. The number of aromatic nitrogens is 2. The number of phenols is 1. The van der Waals surface area contributed by atoms with Crippen molar-refractivity contribution in [1.29, 1.82) is 0 Å². The fourth-order valence-corrected chi connectivity index (χ4v) is 3.68. The van der Waals surface area contributed by atoms with Crippen molar-refractivity contribution >= 4 is 5.91 Å². The van der Waals surface area contributed by atoms with Gasteiger partial charge in [0.1, 0.15) is 11.4 Å². The van der Waals surface area contributed by atoms with Crippen molar-refractivity contribution in [2.75, 3.05) is 26.2 Å².